The normalized spacial score (nSPS) is 12.3. The van der Waals surface area contributed by atoms with Crippen LogP contribution in [0.1, 0.15) is 17.0 Å². The van der Waals surface area contributed by atoms with Gasteiger partial charge in [-0.2, -0.15) is 0 Å². The standard InChI is InChI=1S/C24H20ClF3N4O5S/c25-23-30-21(32(34)35)12-31(23)10-9-17(33)13-36-18-7-3-16(4-8-18)20-14-38-22(29-20)11-15-1-5-19(6-2-15)37-24(26,27)28/h1-8,12,14,17,33H,9-11,13H2. The zero-order valence-electron chi connectivity index (χ0n) is 19.5. The predicted octanol–water partition coefficient (Wildman–Crippen LogP) is 5.89. The summed E-state index contributed by atoms with van der Waals surface area (Å²) in [6.07, 6.45) is -3.63. The number of nitrogens with zero attached hydrogens (tertiary/aromatic N) is 4. The van der Waals surface area contributed by atoms with E-state index in [1.54, 1.807) is 24.3 Å². The molecule has 0 aliphatic carbocycles. The topological polar surface area (TPSA) is 113 Å². The van der Waals surface area contributed by atoms with E-state index in [0.29, 0.717) is 12.2 Å². The summed E-state index contributed by atoms with van der Waals surface area (Å²) in [6.45, 7) is 0.252. The zero-order chi connectivity index (χ0) is 27.3. The van der Waals surface area contributed by atoms with Crippen LogP contribution < -0.4 is 9.47 Å². The highest BCUT2D eigenvalue weighted by Gasteiger charge is 2.31. The number of imidazole rings is 1. The van der Waals surface area contributed by atoms with Crippen molar-refractivity contribution in [3.63, 3.8) is 0 Å². The summed E-state index contributed by atoms with van der Waals surface area (Å²) >= 11 is 7.31. The minimum absolute atomic E-state index is 0.0153. The van der Waals surface area contributed by atoms with Crippen molar-refractivity contribution in [2.24, 2.45) is 0 Å². The van der Waals surface area contributed by atoms with Crippen LogP contribution >= 0.6 is 22.9 Å². The third-order valence-electron chi connectivity index (χ3n) is 5.26. The van der Waals surface area contributed by atoms with Gasteiger partial charge in [-0.25, -0.2) is 4.98 Å². The maximum atomic E-state index is 12.3. The summed E-state index contributed by atoms with van der Waals surface area (Å²) in [6, 6.07) is 12.8. The van der Waals surface area contributed by atoms with Crippen molar-refractivity contribution in [2.45, 2.75) is 31.9 Å². The Morgan fingerprint density at radius 3 is 2.42 bits per heavy atom. The Hall–Kier alpha value is -3.68. The molecule has 1 unspecified atom stereocenters. The lowest BCUT2D eigenvalue weighted by Gasteiger charge is -2.12. The highest BCUT2D eigenvalue weighted by Crippen LogP contribution is 2.27. The third-order valence-corrected chi connectivity index (χ3v) is 6.41. The molecule has 2 aromatic carbocycles. The van der Waals surface area contributed by atoms with Gasteiger partial charge in [-0.05, 0) is 69.9 Å². The molecule has 0 aliphatic rings. The van der Waals surface area contributed by atoms with Gasteiger partial charge in [0.15, 0.2) is 0 Å². The molecule has 0 fully saturated rings. The van der Waals surface area contributed by atoms with Crippen LogP contribution in [0.25, 0.3) is 11.3 Å². The smallest absolute Gasteiger partial charge is 0.491 e. The van der Waals surface area contributed by atoms with Gasteiger partial charge in [0.2, 0.25) is 0 Å². The molecule has 4 rings (SSSR count). The van der Waals surface area contributed by atoms with Gasteiger partial charge in [0.1, 0.15) is 24.3 Å². The van der Waals surface area contributed by atoms with Crippen LogP contribution in [0.2, 0.25) is 5.28 Å². The first-order chi connectivity index (χ1) is 18.1. The molecule has 0 aliphatic heterocycles. The van der Waals surface area contributed by atoms with E-state index in [0.717, 1.165) is 21.8 Å². The van der Waals surface area contributed by atoms with Crippen molar-refractivity contribution in [3.8, 4) is 22.8 Å². The van der Waals surface area contributed by atoms with Crippen LogP contribution in [0.4, 0.5) is 19.0 Å². The number of benzene rings is 2. The van der Waals surface area contributed by atoms with Crippen molar-refractivity contribution in [2.75, 3.05) is 6.61 Å². The van der Waals surface area contributed by atoms with E-state index in [-0.39, 0.29) is 36.4 Å². The van der Waals surface area contributed by atoms with Crippen molar-refractivity contribution in [1.82, 2.24) is 14.5 Å². The Kier molecular flexibility index (Phi) is 8.49. The minimum atomic E-state index is -4.73. The van der Waals surface area contributed by atoms with Gasteiger partial charge in [0.05, 0.1) is 16.8 Å². The number of aliphatic hydroxyl groups excluding tert-OH is 1. The SMILES string of the molecule is O=[N+]([O-])c1cn(CCC(O)COc2ccc(-c3csc(Cc4ccc(OC(F)(F)F)cc4)n3)cc2)c(Cl)n1. The van der Waals surface area contributed by atoms with Crippen molar-refractivity contribution in [1.29, 1.82) is 0 Å². The first-order valence-corrected chi connectivity index (χ1v) is 12.4. The van der Waals surface area contributed by atoms with Gasteiger partial charge in [0.25, 0.3) is 0 Å². The van der Waals surface area contributed by atoms with Gasteiger partial charge < -0.3 is 24.7 Å². The lowest BCUT2D eigenvalue weighted by molar-refractivity contribution is -0.389. The van der Waals surface area contributed by atoms with Gasteiger partial charge >= 0.3 is 17.5 Å². The second-order valence-corrected chi connectivity index (χ2v) is 9.37. The fourth-order valence-electron chi connectivity index (χ4n) is 3.42. The highest BCUT2D eigenvalue weighted by molar-refractivity contribution is 7.10. The molecule has 0 saturated carbocycles. The summed E-state index contributed by atoms with van der Waals surface area (Å²) < 4.78 is 47.8. The van der Waals surface area contributed by atoms with Crippen LogP contribution in [0.5, 0.6) is 11.5 Å². The van der Waals surface area contributed by atoms with Crippen LogP contribution in [0, 0.1) is 10.1 Å². The van der Waals surface area contributed by atoms with Gasteiger partial charge in [-0.15, -0.1) is 24.5 Å². The second kappa shape index (κ2) is 11.8. The lowest BCUT2D eigenvalue weighted by atomic mass is 10.1. The number of thiazole rings is 1. The van der Waals surface area contributed by atoms with Crippen LogP contribution in [0.15, 0.2) is 60.1 Å². The molecule has 0 spiro atoms. The first-order valence-electron chi connectivity index (χ1n) is 11.1. The van der Waals surface area contributed by atoms with Crippen LogP contribution in [-0.2, 0) is 13.0 Å². The quantitative estimate of drug-likeness (QED) is 0.177. The first kappa shape index (κ1) is 27.4. The summed E-state index contributed by atoms with van der Waals surface area (Å²) in [5.41, 5.74) is 2.40. The molecule has 1 atom stereocenters. The number of alkyl halides is 3. The average molecular weight is 569 g/mol. The van der Waals surface area contributed by atoms with Crippen molar-refractivity contribution < 1.29 is 32.7 Å². The molecular weight excluding hydrogens is 549 g/mol. The number of halogens is 4. The van der Waals surface area contributed by atoms with Crippen LogP contribution in [-0.4, -0.2) is 43.6 Å². The number of aromatic nitrogens is 3. The Labute approximate surface area is 223 Å². The van der Waals surface area contributed by atoms with Crippen molar-refractivity contribution >= 4 is 28.8 Å². The molecule has 2 aromatic heterocycles. The number of aliphatic hydroxyl groups is 1. The van der Waals surface area contributed by atoms with E-state index >= 15 is 0 Å². The third kappa shape index (κ3) is 7.66. The highest BCUT2D eigenvalue weighted by atomic mass is 35.5. The summed E-state index contributed by atoms with van der Waals surface area (Å²) in [5.74, 6) is -0.0906. The minimum Gasteiger partial charge on any atom is -0.491 e. The summed E-state index contributed by atoms with van der Waals surface area (Å²) in [4.78, 5) is 18.3. The van der Waals surface area contributed by atoms with E-state index in [9.17, 15) is 28.4 Å². The molecule has 9 nitrogen and oxygen atoms in total. The average Bonchev–Trinajstić information content (AvgIpc) is 3.48. The molecule has 0 amide bonds. The number of hydrogen-bond acceptors (Lipinski definition) is 8. The Balaban J connectivity index is 1.26. The van der Waals surface area contributed by atoms with Gasteiger partial charge in [-0.1, -0.05) is 12.1 Å². The molecule has 0 saturated heterocycles. The van der Waals surface area contributed by atoms with E-state index in [1.165, 1.54) is 34.2 Å². The van der Waals surface area contributed by atoms with Gasteiger partial charge in [0, 0.05) is 23.9 Å². The Bertz CT molecular complexity index is 1380. The predicted molar refractivity (Wildman–Crippen MR) is 133 cm³/mol. The molecule has 38 heavy (non-hydrogen) atoms. The van der Waals surface area contributed by atoms with E-state index < -0.39 is 17.4 Å². The zero-order valence-corrected chi connectivity index (χ0v) is 21.0. The fraction of sp³-hybridized carbons (Fsp3) is 0.250. The number of nitro groups is 1. The fourth-order valence-corrected chi connectivity index (χ4v) is 4.48. The largest absolute Gasteiger partial charge is 0.573 e. The maximum Gasteiger partial charge on any atom is 0.573 e. The Morgan fingerprint density at radius 2 is 1.79 bits per heavy atom. The van der Waals surface area contributed by atoms with E-state index in [2.05, 4.69) is 14.7 Å². The molecule has 2 heterocycles. The lowest BCUT2D eigenvalue weighted by Crippen LogP contribution is -2.19. The number of hydrogen-bond donors (Lipinski definition) is 1. The number of aryl methyl sites for hydroxylation is 1. The molecule has 0 bridgehead atoms. The molecule has 1 N–H and O–H groups in total. The number of rotatable bonds is 11. The van der Waals surface area contributed by atoms with E-state index in [4.69, 9.17) is 16.3 Å². The summed E-state index contributed by atoms with van der Waals surface area (Å²) in [7, 11) is 0. The maximum absolute atomic E-state index is 12.3. The monoisotopic (exact) mass is 568 g/mol. The second-order valence-electron chi connectivity index (χ2n) is 8.09. The molecule has 200 valence electrons. The number of ether oxygens (including phenoxy) is 2. The van der Waals surface area contributed by atoms with E-state index in [1.807, 2.05) is 17.5 Å². The summed E-state index contributed by atoms with van der Waals surface area (Å²) in [5, 5.41) is 23.6. The Morgan fingerprint density at radius 1 is 1.11 bits per heavy atom. The molecule has 0 radical (unpaired) electrons. The molecular formula is C24H20ClF3N4O5S. The van der Waals surface area contributed by atoms with Gasteiger partial charge in [-0.3, -0.25) is 4.57 Å². The van der Waals surface area contributed by atoms with Crippen LogP contribution in [0.3, 0.4) is 0 Å². The molecule has 14 heteroatoms. The molecule has 4 aromatic rings. The van der Waals surface area contributed by atoms with Crippen molar-refractivity contribution in [3.05, 3.63) is 86.1 Å².